The maximum Gasteiger partial charge on any atom is 1.00 e. The maximum absolute atomic E-state index is 11.4. The molecule has 0 aromatic heterocycles. The fourth-order valence-electron chi connectivity index (χ4n) is 1.70. The third-order valence-electron chi connectivity index (χ3n) is 2.73. The molecule has 2 aromatic rings. The van der Waals surface area contributed by atoms with Crippen molar-refractivity contribution in [2.24, 2.45) is 0 Å². The normalized spacial score (nSPS) is 10.6. The fraction of sp³-hybridized carbons (Fsp3) is 0.133. The van der Waals surface area contributed by atoms with Crippen LogP contribution in [0.3, 0.4) is 0 Å². The number of hydrogen-bond donors (Lipinski definition) is 0. The van der Waals surface area contributed by atoms with E-state index < -0.39 is 22.4 Å². The van der Waals surface area contributed by atoms with Crippen molar-refractivity contribution in [3.8, 4) is 17.2 Å². The predicted molar refractivity (Wildman–Crippen MR) is 81.6 cm³/mol. The van der Waals surface area contributed by atoms with Gasteiger partial charge in [-0.2, -0.15) is 0 Å². The van der Waals surface area contributed by atoms with Gasteiger partial charge in [0, 0.05) is 17.3 Å². The van der Waals surface area contributed by atoms with E-state index in [9.17, 15) is 18.3 Å². The van der Waals surface area contributed by atoms with Crippen LogP contribution in [0.2, 0.25) is 5.02 Å². The van der Waals surface area contributed by atoms with E-state index in [0.717, 1.165) is 6.26 Å². The summed E-state index contributed by atoms with van der Waals surface area (Å²) in [6.07, 6.45) is 1.10. The maximum atomic E-state index is 11.4. The Morgan fingerprint density at radius 3 is 2.29 bits per heavy atom. The standard InChI is InChI=1S/C15H13ClO6S.Na/c1-23(19,20)12-5-3-11(4-6-12)22-14-8-10(16)2-7-13(14)21-9-15(17)18;/h2-8H,9H2,1H3,(H,17,18);/q;+1/p-1. The molecule has 0 atom stereocenters. The molecular formula is C15H12ClNaO6S. The Labute approximate surface area is 166 Å². The molecule has 0 aliphatic carbocycles. The van der Waals surface area contributed by atoms with Gasteiger partial charge in [0.15, 0.2) is 21.3 Å². The van der Waals surface area contributed by atoms with Gasteiger partial charge in [0.2, 0.25) is 0 Å². The quantitative estimate of drug-likeness (QED) is 0.578. The Morgan fingerprint density at radius 2 is 1.75 bits per heavy atom. The van der Waals surface area contributed by atoms with Crippen molar-refractivity contribution in [1.82, 2.24) is 0 Å². The molecule has 0 heterocycles. The molecule has 0 saturated carbocycles. The second-order valence-electron chi connectivity index (χ2n) is 4.60. The average Bonchev–Trinajstić information content (AvgIpc) is 2.46. The molecule has 0 spiro atoms. The van der Waals surface area contributed by atoms with E-state index in [1.54, 1.807) is 0 Å². The minimum atomic E-state index is -3.30. The summed E-state index contributed by atoms with van der Waals surface area (Å²) in [6.45, 7) is -0.634. The molecule has 0 bridgehead atoms. The van der Waals surface area contributed by atoms with Crippen molar-refractivity contribution in [3.05, 3.63) is 47.5 Å². The topological polar surface area (TPSA) is 92.7 Å². The third kappa shape index (κ3) is 5.99. The van der Waals surface area contributed by atoms with Crippen molar-refractivity contribution >= 4 is 27.4 Å². The van der Waals surface area contributed by atoms with Crippen LogP contribution < -0.4 is 44.1 Å². The molecule has 0 saturated heterocycles. The van der Waals surface area contributed by atoms with E-state index in [1.807, 2.05) is 0 Å². The van der Waals surface area contributed by atoms with Crippen molar-refractivity contribution in [1.29, 1.82) is 0 Å². The molecule has 6 nitrogen and oxygen atoms in total. The first-order valence-corrected chi connectivity index (χ1v) is 8.63. The first-order valence-electron chi connectivity index (χ1n) is 6.36. The van der Waals surface area contributed by atoms with Gasteiger partial charge in [-0.1, -0.05) is 11.6 Å². The van der Waals surface area contributed by atoms with Crippen LogP contribution in [0, 0.1) is 0 Å². The number of carboxylic acids is 1. The number of aliphatic carboxylic acids is 1. The van der Waals surface area contributed by atoms with Gasteiger partial charge < -0.3 is 19.4 Å². The van der Waals surface area contributed by atoms with Crippen molar-refractivity contribution in [2.45, 2.75) is 4.90 Å². The molecule has 0 fully saturated rings. The Hall–Kier alpha value is -1.25. The molecule has 2 aromatic carbocycles. The Bertz CT molecular complexity index is 820. The summed E-state index contributed by atoms with van der Waals surface area (Å²) in [7, 11) is -3.30. The Morgan fingerprint density at radius 1 is 1.12 bits per heavy atom. The summed E-state index contributed by atoms with van der Waals surface area (Å²) < 4.78 is 33.5. The van der Waals surface area contributed by atoms with Crippen LogP contribution in [-0.4, -0.2) is 27.2 Å². The van der Waals surface area contributed by atoms with Crippen molar-refractivity contribution < 1.29 is 57.3 Å². The SMILES string of the molecule is CS(=O)(=O)c1ccc(Oc2cc(Cl)ccc2OCC(=O)[O-])cc1.[Na+]. The van der Waals surface area contributed by atoms with Gasteiger partial charge in [0.25, 0.3) is 0 Å². The van der Waals surface area contributed by atoms with Crippen LogP contribution in [-0.2, 0) is 14.6 Å². The molecule has 2 rings (SSSR count). The molecule has 9 heteroatoms. The molecule has 0 radical (unpaired) electrons. The second kappa shape index (κ2) is 8.73. The van der Waals surface area contributed by atoms with Crippen molar-refractivity contribution in [2.75, 3.05) is 12.9 Å². The average molecular weight is 379 g/mol. The molecule has 24 heavy (non-hydrogen) atoms. The fourth-order valence-corrected chi connectivity index (χ4v) is 2.49. The molecule has 0 amide bonds. The minimum absolute atomic E-state index is 0. The number of hydrogen-bond acceptors (Lipinski definition) is 6. The van der Waals surface area contributed by atoms with Gasteiger partial charge in [-0.15, -0.1) is 0 Å². The molecule has 0 aliphatic rings. The van der Waals surface area contributed by atoms with Gasteiger partial charge in [-0.05, 0) is 36.4 Å². The van der Waals surface area contributed by atoms with Gasteiger partial charge in [-0.25, -0.2) is 8.42 Å². The van der Waals surface area contributed by atoms with E-state index in [4.69, 9.17) is 21.1 Å². The van der Waals surface area contributed by atoms with E-state index in [1.165, 1.54) is 42.5 Å². The first-order chi connectivity index (χ1) is 10.8. The molecule has 0 aliphatic heterocycles. The summed E-state index contributed by atoms with van der Waals surface area (Å²) in [5, 5.41) is 10.8. The van der Waals surface area contributed by atoms with E-state index in [-0.39, 0.29) is 46.0 Å². The second-order valence-corrected chi connectivity index (χ2v) is 7.05. The van der Waals surface area contributed by atoms with Crippen LogP contribution in [0.15, 0.2) is 47.4 Å². The third-order valence-corrected chi connectivity index (χ3v) is 4.09. The first kappa shape index (κ1) is 20.8. The van der Waals surface area contributed by atoms with Gasteiger partial charge in [0.1, 0.15) is 12.4 Å². The van der Waals surface area contributed by atoms with Crippen LogP contribution in [0.25, 0.3) is 0 Å². The number of carbonyl (C=O) groups is 1. The van der Waals surface area contributed by atoms with Crippen LogP contribution >= 0.6 is 11.6 Å². The number of sulfone groups is 1. The van der Waals surface area contributed by atoms with Crippen molar-refractivity contribution in [3.63, 3.8) is 0 Å². The summed E-state index contributed by atoms with van der Waals surface area (Å²) >= 11 is 5.89. The molecule has 0 unspecified atom stereocenters. The van der Waals surface area contributed by atoms with Gasteiger partial charge in [-0.3, -0.25) is 0 Å². The predicted octanol–water partition coefficient (Wildman–Crippen LogP) is -1.33. The van der Waals surface area contributed by atoms with Gasteiger partial charge in [0.05, 0.1) is 10.9 Å². The summed E-state index contributed by atoms with van der Waals surface area (Å²) in [5.41, 5.74) is 0. The molecular weight excluding hydrogens is 367 g/mol. The Balaban J connectivity index is 0.00000288. The molecule has 122 valence electrons. The van der Waals surface area contributed by atoms with Gasteiger partial charge >= 0.3 is 29.6 Å². The van der Waals surface area contributed by atoms with Crippen LogP contribution in [0.5, 0.6) is 17.2 Å². The number of halogens is 1. The number of carbonyl (C=O) groups excluding carboxylic acids is 1. The van der Waals surface area contributed by atoms with E-state index in [2.05, 4.69) is 0 Å². The zero-order chi connectivity index (χ0) is 17.0. The monoisotopic (exact) mass is 378 g/mol. The van der Waals surface area contributed by atoms with Crippen LogP contribution in [0.4, 0.5) is 0 Å². The summed E-state index contributed by atoms with van der Waals surface area (Å²) in [5.74, 6) is -0.655. The van der Waals surface area contributed by atoms with E-state index >= 15 is 0 Å². The minimum Gasteiger partial charge on any atom is -0.546 e. The smallest absolute Gasteiger partial charge is 0.546 e. The number of carboxylic acid groups (broad SMARTS) is 1. The Kier molecular flexibility index (Phi) is 7.56. The zero-order valence-corrected chi connectivity index (χ0v) is 16.6. The zero-order valence-electron chi connectivity index (χ0n) is 13.0. The summed E-state index contributed by atoms with van der Waals surface area (Å²) in [4.78, 5) is 10.6. The number of benzene rings is 2. The van der Waals surface area contributed by atoms with E-state index in [0.29, 0.717) is 10.8 Å². The number of ether oxygens (including phenoxy) is 2. The number of rotatable bonds is 6. The molecule has 0 N–H and O–H groups in total. The van der Waals surface area contributed by atoms with Crippen LogP contribution in [0.1, 0.15) is 0 Å². The summed E-state index contributed by atoms with van der Waals surface area (Å²) in [6, 6.07) is 10.2. The largest absolute Gasteiger partial charge is 1.00 e.